The van der Waals surface area contributed by atoms with Crippen LogP contribution in [0.5, 0.6) is 0 Å². The van der Waals surface area contributed by atoms with Crippen molar-refractivity contribution in [2.45, 2.75) is 6.18 Å². The molecule has 0 spiro atoms. The number of carbonyl (C=O) groups excluding carboxylic acids is 1. The van der Waals surface area contributed by atoms with Crippen molar-refractivity contribution in [2.24, 2.45) is 0 Å². The molecular formula is C21H14ClF3N6O3. The highest BCUT2D eigenvalue weighted by Crippen LogP contribution is 2.34. The van der Waals surface area contributed by atoms with Crippen molar-refractivity contribution in [1.82, 2.24) is 14.6 Å². The largest absolute Gasteiger partial charge is 0.478 e. The molecule has 0 unspecified atom stereocenters. The van der Waals surface area contributed by atoms with Gasteiger partial charge in [0.25, 0.3) is 0 Å². The van der Waals surface area contributed by atoms with Crippen LogP contribution in [-0.2, 0) is 6.18 Å². The molecule has 2 aromatic heterocycles. The predicted octanol–water partition coefficient (Wildman–Crippen LogP) is 4.99. The number of benzene rings is 2. The van der Waals surface area contributed by atoms with E-state index in [1.165, 1.54) is 28.9 Å². The Morgan fingerprint density at radius 2 is 1.76 bits per heavy atom. The van der Waals surface area contributed by atoms with E-state index in [2.05, 4.69) is 20.7 Å². The fourth-order valence-corrected chi connectivity index (χ4v) is 3.21. The summed E-state index contributed by atoms with van der Waals surface area (Å²) in [6.45, 7) is 0. The molecule has 0 fully saturated rings. The number of rotatable bonds is 4. The van der Waals surface area contributed by atoms with E-state index < -0.39 is 23.7 Å². The molecule has 0 atom stereocenters. The number of anilines is 3. The van der Waals surface area contributed by atoms with Gasteiger partial charge in [0.05, 0.1) is 21.8 Å². The molecular weight excluding hydrogens is 477 g/mol. The third-order valence-electron chi connectivity index (χ3n) is 4.68. The van der Waals surface area contributed by atoms with Gasteiger partial charge in [-0.3, -0.25) is 0 Å². The van der Waals surface area contributed by atoms with Gasteiger partial charge < -0.3 is 21.5 Å². The van der Waals surface area contributed by atoms with Crippen LogP contribution in [0.3, 0.4) is 0 Å². The lowest BCUT2D eigenvalue weighted by molar-refractivity contribution is -0.137. The highest BCUT2D eigenvalue weighted by atomic mass is 35.5. The molecule has 13 heteroatoms. The van der Waals surface area contributed by atoms with Crippen LogP contribution < -0.4 is 16.4 Å². The number of alkyl halides is 3. The van der Waals surface area contributed by atoms with Crippen LogP contribution >= 0.6 is 11.6 Å². The average Bonchev–Trinajstić information content (AvgIpc) is 3.20. The van der Waals surface area contributed by atoms with Gasteiger partial charge in [-0.25, -0.2) is 19.1 Å². The third-order valence-corrected chi connectivity index (χ3v) is 5.01. The highest BCUT2D eigenvalue weighted by Gasteiger charge is 2.31. The van der Waals surface area contributed by atoms with E-state index in [-0.39, 0.29) is 27.9 Å². The van der Waals surface area contributed by atoms with Crippen molar-refractivity contribution in [3.8, 4) is 11.4 Å². The smallest absolute Gasteiger partial charge is 0.416 e. The Labute approximate surface area is 194 Å². The summed E-state index contributed by atoms with van der Waals surface area (Å²) >= 11 is 5.89. The minimum Gasteiger partial charge on any atom is -0.478 e. The zero-order chi connectivity index (χ0) is 24.6. The number of urea groups is 1. The number of carbonyl (C=O) groups is 2. The number of hydrogen-bond donors (Lipinski definition) is 4. The summed E-state index contributed by atoms with van der Waals surface area (Å²) in [5.74, 6) is -0.840. The molecule has 2 amide bonds. The predicted molar refractivity (Wildman–Crippen MR) is 119 cm³/mol. The highest BCUT2D eigenvalue weighted by molar-refractivity contribution is 6.33. The van der Waals surface area contributed by atoms with E-state index in [1.807, 2.05) is 0 Å². The van der Waals surface area contributed by atoms with Gasteiger partial charge in [-0.1, -0.05) is 11.6 Å². The summed E-state index contributed by atoms with van der Waals surface area (Å²) in [7, 11) is 0. The summed E-state index contributed by atoms with van der Waals surface area (Å²) in [5.41, 5.74) is 5.95. The lowest BCUT2D eigenvalue weighted by atomic mass is 10.2. The fourth-order valence-electron chi connectivity index (χ4n) is 3.05. The molecule has 0 radical (unpaired) electrons. The van der Waals surface area contributed by atoms with Crippen molar-refractivity contribution in [1.29, 1.82) is 0 Å². The van der Waals surface area contributed by atoms with Crippen LogP contribution in [0.2, 0.25) is 5.02 Å². The number of nitrogens with zero attached hydrogens (tertiary/aromatic N) is 3. The van der Waals surface area contributed by atoms with E-state index >= 15 is 0 Å². The van der Waals surface area contributed by atoms with Gasteiger partial charge in [-0.05, 0) is 48.5 Å². The summed E-state index contributed by atoms with van der Waals surface area (Å²) in [5, 5.41) is 18.1. The number of hydrogen-bond acceptors (Lipinski definition) is 5. The number of amides is 2. The molecule has 0 aliphatic rings. The zero-order valence-corrected chi connectivity index (χ0v) is 17.6. The van der Waals surface area contributed by atoms with Gasteiger partial charge in [-0.2, -0.15) is 13.2 Å². The second-order valence-electron chi connectivity index (χ2n) is 7.03. The number of aromatic carboxylic acids is 1. The molecule has 2 aromatic carbocycles. The molecule has 4 rings (SSSR count). The van der Waals surface area contributed by atoms with Crippen LogP contribution in [0.15, 0.2) is 54.7 Å². The van der Waals surface area contributed by atoms with Crippen molar-refractivity contribution in [2.75, 3.05) is 16.4 Å². The van der Waals surface area contributed by atoms with Crippen molar-refractivity contribution in [3.05, 3.63) is 70.9 Å². The molecule has 174 valence electrons. The Morgan fingerprint density at radius 3 is 2.41 bits per heavy atom. The van der Waals surface area contributed by atoms with E-state index in [0.29, 0.717) is 16.8 Å². The Morgan fingerprint density at radius 1 is 1.06 bits per heavy atom. The number of nitrogen functional groups attached to an aromatic ring is 1. The first-order chi connectivity index (χ1) is 16.0. The average molecular weight is 491 g/mol. The van der Waals surface area contributed by atoms with Crippen LogP contribution in [0.1, 0.15) is 15.9 Å². The van der Waals surface area contributed by atoms with E-state index in [1.54, 1.807) is 12.1 Å². The van der Waals surface area contributed by atoms with Gasteiger partial charge in [0.2, 0.25) is 0 Å². The molecule has 0 saturated carbocycles. The number of nitrogens with two attached hydrogens (primary N) is 1. The molecule has 4 aromatic rings. The minimum absolute atomic E-state index is 0.00424. The van der Waals surface area contributed by atoms with Crippen LogP contribution in [-0.4, -0.2) is 31.7 Å². The van der Waals surface area contributed by atoms with E-state index in [0.717, 1.165) is 18.2 Å². The number of halogens is 4. The SMILES string of the molecule is Nc1nc(-c2ccc(NC(=O)Nc3cc(C(F)(F)F)ccc3Cl)cc2)nn2cc(C(=O)O)cc12. The third kappa shape index (κ3) is 4.71. The van der Waals surface area contributed by atoms with Gasteiger partial charge in [0.15, 0.2) is 11.6 Å². The minimum atomic E-state index is -4.59. The summed E-state index contributed by atoms with van der Waals surface area (Å²) in [4.78, 5) is 27.6. The standard InChI is InChI=1S/C21H14ClF3N6O3/c22-14-6-3-12(21(23,24)25)8-15(14)28-20(34)27-13-4-1-10(2-5-13)18-29-17(26)16-7-11(19(32)33)9-31(16)30-18/h1-9H,(H,32,33)(H2,26,29,30)(H2,27,28,34). The van der Waals surface area contributed by atoms with Gasteiger partial charge in [0, 0.05) is 17.4 Å². The Hall–Kier alpha value is -4.32. The Balaban J connectivity index is 1.50. The second-order valence-corrected chi connectivity index (χ2v) is 7.44. The normalized spacial score (nSPS) is 11.4. The maximum absolute atomic E-state index is 12.9. The summed E-state index contributed by atoms with van der Waals surface area (Å²) in [6.07, 6.45) is -3.28. The topological polar surface area (TPSA) is 135 Å². The fraction of sp³-hybridized carbons (Fsp3) is 0.0476. The molecule has 2 heterocycles. The Kier molecular flexibility index (Phi) is 5.75. The van der Waals surface area contributed by atoms with E-state index in [4.69, 9.17) is 22.4 Å². The molecule has 0 aliphatic heterocycles. The zero-order valence-electron chi connectivity index (χ0n) is 16.9. The van der Waals surface area contributed by atoms with Crippen molar-refractivity contribution >= 4 is 46.3 Å². The first-order valence-corrected chi connectivity index (χ1v) is 9.83. The number of carboxylic acids is 1. The number of fused-ring (bicyclic) bond motifs is 1. The Bertz CT molecular complexity index is 1420. The molecule has 5 N–H and O–H groups in total. The van der Waals surface area contributed by atoms with Gasteiger partial charge >= 0.3 is 18.2 Å². The number of nitrogens with one attached hydrogen (secondary N) is 2. The molecule has 34 heavy (non-hydrogen) atoms. The van der Waals surface area contributed by atoms with Gasteiger partial charge in [-0.15, -0.1) is 5.10 Å². The maximum atomic E-state index is 12.9. The molecule has 0 bridgehead atoms. The lowest BCUT2D eigenvalue weighted by Gasteiger charge is -2.12. The summed E-state index contributed by atoms with van der Waals surface area (Å²) < 4.78 is 40.0. The van der Waals surface area contributed by atoms with Crippen molar-refractivity contribution in [3.63, 3.8) is 0 Å². The first-order valence-electron chi connectivity index (χ1n) is 9.45. The quantitative estimate of drug-likeness (QED) is 0.318. The summed E-state index contributed by atoms with van der Waals surface area (Å²) in [6, 6.07) is 9.33. The number of aromatic nitrogens is 3. The maximum Gasteiger partial charge on any atom is 0.416 e. The van der Waals surface area contributed by atoms with Crippen molar-refractivity contribution < 1.29 is 27.9 Å². The molecule has 0 saturated heterocycles. The first kappa shape index (κ1) is 22.9. The number of carboxylic acid groups (broad SMARTS) is 1. The molecule has 0 aliphatic carbocycles. The van der Waals surface area contributed by atoms with E-state index in [9.17, 15) is 22.8 Å². The van der Waals surface area contributed by atoms with Gasteiger partial charge in [0.1, 0.15) is 5.52 Å². The lowest BCUT2D eigenvalue weighted by Crippen LogP contribution is -2.20. The second kappa shape index (κ2) is 8.56. The van der Waals surface area contributed by atoms with Crippen LogP contribution in [0.4, 0.5) is 35.2 Å². The monoisotopic (exact) mass is 490 g/mol. The van der Waals surface area contributed by atoms with Crippen LogP contribution in [0, 0.1) is 0 Å². The van der Waals surface area contributed by atoms with Crippen LogP contribution in [0.25, 0.3) is 16.9 Å². The molecule has 9 nitrogen and oxygen atoms in total.